The van der Waals surface area contributed by atoms with Gasteiger partial charge in [0.25, 0.3) is 0 Å². The third kappa shape index (κ3) is 3.05. The summed E-state index contributed by atoms with van der Waals surface area (Å²) in [6, 6.07) is 16.5. The van der Waals surface area contributed by atoms with E-state index in [0.29, 0.717) is 18.8 Å². The molecule has 3 aliphatic heterocycles. The molecule has 2 saturated heterocycles. The van der Waals surface area contributed by atoms with Gasteiger partial charge in [0.05, 0.1) is 0 Å². The second-order valence-electron chi connectivity index (χ2n) is 11.2. The van der Waals surface area contributed by atoms with E-state index in [9.17, 15) is 14.4 Å². The van der Waals surface area contributed by atoms with E-state index in [1.54, 1.807) is 11.0 Å². The molecule has 3 amide bonds. The summed E-state index contributed by atoms with van der Waals surface area (Å²) >= 11 is -2.07. The Morgan fingerprint density at radius 1 is 1.18 bits per heavy atom. The molecule has 2 saturated carbocycles. The van der Waals surface area contributed by atoms with Crippen LogP contribution in [0.4, 0.5) is 15.3 Å². The van der Waals surface area contributed by atoms with Crippen molar-refractivity contribution in [3.63, 3.8) is 0 Å². The third-order valence-corrected chi connectivity index (χ3v) is 18.2. The zero-order chi connectivity index (χ0) is 27.1. The molecule has 8 atom stereocenters. The van der Waals surface area contributed by atoms with Crippen LogP contribution in [0.2, 0.25) is 3.43 Å². The van der Waals surface area contributed by atoms with Crippen molar-refractivity contribution in [2.45, 2.75) is 27.6 Å². The zero-order valence-corrected chi connectivity index (χ0v) is 27.7. The molecule has 39 heavy (non-hydrogen) atoms. The van der Waals surface area contributed by atoms with E-state index in [4.69, 9.17) is 22.5 Å². The van der Waals surface area contributed by atoms with Gasteiger partial charge in [-0.25, -0.2) is 0 Å². The number of rotatable bonds is 4. The number of ether oxygens (including phenoxy) is 3. The molecule has 1 spiro atoms. The van der Waals surface area contributed by atoms with Gasteiger partial charge < -0.3 is 0 Å². The molecule has 5 bridgehead atoms. The second kappa shape index (κ2) is 9.04. The molecule has 10 heteroatoms. The predicted molar refractivity (Wildman–Crippen MR) is 138 cm³/mol. The summed E-state index contributed by atoms with van der Waals surface area (Å²) < 4.78 is 17.5. The number of methoxy groups -OCH3 is 1. The molecule has 2 aliphatic carbocycles. The van der Waals surface area contributed by atoms with Crippen molar-refractivity contribution in [1.82, 2.24) is 4.90 Å². The Balaban J connectivity index is 1.39. The van der Waals surface area contributed by atoms with Crippen molar-refractivity contribution >= 4 is 32.0 Å². The number of hydrogen-bond donors (Lipinski definition) is 0. The van der Waals surface area contributed by atoms with Gasteiger partial charge in [0.2, 0.25) is 0 Å². The van der Waals surface area contributed by atoms with Crippen LogP contribution in [0.1, 0.15) is 11.1 Å². The van der Waals surface area contributed by atoms with Gasteiger partial charge in [-0.3, -0.25) is 0 Å². The van der Waals surface area contributed by atoms with Gasteiger partial charge in [-0.2, -0.15) is 0 Å². The number of imide groups is 1. The van der Waals surface area contributed by atoms with E-state index < -0.39 is 52.5 Å². The number of nitrogens with zero attached hydrogens (tertiary/aromatic N) is 2. The summed E-state index contributed by atoms with van der Waals surface area (Å²) in [7, 11) is 8.27. The van der Waals surface area contributed by atoms with E-state index in [-0.39, 0.29) is 39.7 Å². The van der Waals surface area contributed by atoms with Crippen molar-refractivity contribution < 1.29 is 51.9 Å². The summed E-state index contributed by atoms with van der Waals surface area (Å²) in [5, 5.41) is 0. The number of halogens is 1. The minimum atomic E-state index is -2.07. The van der Waals surface area contributed by atoms with Gasteiger partial charge in [-0.05, 0) is 0 Å². The monoisotopic (exact) mass is 736 g/mol. The SMILES string of the molecule is C=C[C@]12CN(C(=O)OC)[C@@H]3[C@H]4CO[C@H]([C@H]([Hg][Cl])[C@H]41)[C@]1(C(=O)N(C(=O)OCc4ccccc4)c4ccccc41)[C@H]32. The first-order chi connectivity index (χ1) is 18.9. The van der Waals surface area contributed by atoms with Crippen LogP contribution in [0, 0.1) is 23.2 Å². The fourth-order valence-corrected chi connectivity index (χ4v) is 18.5. The van der Waals surface area contributed by atoms with Crippen molar-refractivity contribution in [3.8, 4) is 0 Å². The molecule has 7 rings (SSSR count). The number of hydrogen-bond acceptors (Lipinski definition) is 6. The van der Waals surface area contributed by atoms with Crippen molar-refractivity contribution in [2.24, 2.45) is 23.2 Å². The molecule has 3 heterocycles. The summed E-state index contributed by atoms with van der Waals surface area (Å²) in [6.07, 6.45) is 0.359. The first-order valence-corrected chi connectivity index (χ1v) is 23.2. The zero-order valence-electron chi connectivity index (χ0n) is 21.5. The molecule has 2 aromatic carbocycles. The summed E-state index contributed by atoms with van der Waals surface area (Å²) in [4.78, 5) is 44.6. The number of benzene rings is 2. The Bertz CT molecular complexity index is 1390. The molecular formula is C29H27ClHgN2O6. The summed E-state index contributed by atoms with van der Waals surface area (Å²) in [5.41, 5.74) is 0.356. The molecule has 0 unspecified atom stereocenters. The quantitative estimate of drug-likeness (QED) is 0.339. The van der Waals surface area contributed by atoms with Crippen LogP contribution in [-0.2, 0) is 54.4 Å². The predicted octanol–water partition coefficient (Wildman–Crippen LogP) is 4.53. The first kappa shape index (κ1) is 25.5. The van der Waals surface area contributed by atoms with Crippen LogP contribution in [0.3, 0.4) is 0 Å². The fraction of sp³-hybridized carbons (Fsp3) is 0.414. The number of likely N-dealkylation sites (tertiary alicyclic amines) is 1. The number of para-hydroxylation sites is 1. The van der Waals surface area contributed by atoms with Gasteiger partial charge in [0.15, 0.2) is 0 Å². The molecule has 8 nitrogen and oxygen atoms in total. The van der Waals surface area contributed by atoms with E-state index in [1.165, 1.54) is 12.0 Å². The topological polar surface area (TPSA) is 85.4 Å². The van der Waals surface area contributed by atoms with Crippen LogP contribution in [0.5, 0.6) is 0 Å². The number of carbonyl (C=O) groups is 3. The Morgan fingerprint density at radius 2 is 1.92 bits per heavy atom. The van der Waals surface area contributed by atoms with Crippen LogP contribution >= 0.6 is 8.25 Å². The summed E-state index contributed by atoms with van der Waals surface area (Å²) in [6.45, 7) is 5.16. The minimum absolute atomic E-state index is 0.0271. The Labute approximate surface area is 242 Å². The molecular weight excluding hydrogens is 708 g/mol. The standard InChI is InChI=1S/C29H27N2O6.ClH.Hg/c1-3-28-16-30(26(33)35-2)23-18-15-36-22(13-20(18)28)29(24(23)28)19-11-7-8-12-21(19)31(25(29)32)27(34)37-14-17-9-5-4-6-10-17;;/h3-13,18,20,22-24H,1,14-16H2,2H3;1H;/q;;+1/p-1/t18-,20+,22+,23+,24+,28-,29-;;/m0../s1. The van der Waals surface area contributed by atoms with E-state index >= 15 is 0 Å². The fourth-order valence-electron chi connectivity index (χ4n) is 8.96. The summed E-state index contributed by atoms with van der Waals surface area (Å²) in [5.74, 6) is -0.450. The second-order valence-corrected chi connectivity index (χ2v) is 18.8. The number of piperidine rings is 1. The van der Waals surface area contributed by atoms with E-state index in [1.807, 2.05) is 54.6 Å². The molecule has 4 fully saturated rings. The molecule has 0 radical (unpaired) electrons. The molecule has 198 valence electrons. The van der Waals surface area contributed by atoms with Gasteiger partial charge >= 0.3 is 243 Å². The Kier molecular flexibility index (Phi) is 5.92. The van der Waals surface area contributed by atoms with Crippen LogP contribution in [-0.4, -0.2) is 55.4 Å². The van der Waals surface area contributed by atoms with Crippen molar-refractivity contribution in [1.29, 1.82) is 0 Å². The van der Waals surface area contributed by atoms with Gasteiger partial charge in [0.1, 0.15) is 0 Å². The number of fused-ring (bicyclic) bond motifs is 5. The van der Waals surface area contributed by atoms with Crippen LogP contribution < -0.4 is 4.90 Å². The van der Waals surface area contributed by atoms with Crippen LogP contribution in [0.15, 0.2) is 67.3 Å². The maximum absolute atomic E-state index is 14.9. The van der Waals surface area contributed by atoms with Crippen molar-refractivity contribution in [3.05, 3.63) is 78.4 Å². The molecule has 5 aliphatic rings. The number of anilines is 1. The average molecular weight is 736 g/mol. The molecule has 0 N–H and O–H groups in total. The van der Waals surface area contributed by atoms with Crippen LogP contribution in [0.25, 0.3) is 0 Å². The number of carbonyl (C=O) groups excluding carboxylic acids is 3. The normalized spacial score (nSPS) is 36.6. The maximum atomic E-state index is 14.9. The van der Waals surface area contributed by atoms with Gasteiger partial charge in [-0.15, -0.1) is 0 Å². The Hall–Kier alpha value is -2.42. The van der Waals surface area contributed by atoms with Gasteiger partial charge in [-0.1, -0.05) is 0 Å². The average Bonchev–Trinajstić information content (AvgIpc) is 3.49. The van der Waals surface area contributed by atoms with Gasteiger partial charge in [0, 0.05) is 0 Å². The van der Waals surface area contributed by atoms with E-state index in [2.05, 4.69) is 6.58 Å². The molecule has 0 aromatic heterocycles. The molecule has 2 aromatic rings. The number of amides is 3. The Morgan fingerprint density at radius 3 is 2.64 bits per heavy atom. The van der Waals surface area contributed by atoms with Crippen molar-refractivity contribution in [2.75, 3.05) is 25.2 Å². The van der Waals surface area contributed by atoms with E-state index in [0.717, 1.165) is 11.1 Å². The third-order valence-electron chi connectivity index (χ3n) is 10.0. The first-order valence-electron chi connectivity index (χ1n) is 13.3.